The quantitative estimate of drug-likeness (QED) is 0.519. The van der Waals surface area contributed by atoms with E-state index in [1.807, 2.05) is 27.7 Å². The molecule has 0 saturated heterocycles. The van der Waals surface area contributed by atoms with Crippen molar-refractivity contribution in [2.45, 2.75) is 87.5 Å². The highest BCUT2D eigenvalue weighted by Crippen LogP contribution is 2.55. The van der Waals surface area contributed by atoms with Crippen LogP contribution in [0.4, 0.5) is 0 Å². The molecule has 0 bridgehead atoms. The number of hydrogen-bond donors (Lipinski definition) is 0. The predicted molar refractivity (Wildman–Crippen MR) is 115 cm³/mol. The molecule has 1 aliphatic carbocycles. The third kappa shape index (κ3) is 3.41. The van der Waals surface area contributed by atoms with Crippen LogP contribution < -0.4 is 0 Å². The van der Waals surface area contributed by atoms with Crippen molar-refractivity contribution in [3.63, 3.8) is 0 Å². The highest BCUT2D eigenvalue weighted by atomic mass is 14.4. The Morgan fingerprint density at radius 1 is 0.600 bits per heavy atom. The molecular formula is C25H38. The Balaban J connectivity index is 0.000000730. The predicted octanol–water partition coefficient (Wildman–Crippen LogP) is 8.06. The van der Waals surface area contributed by atoms with Gasteiger partial charge >= 0.3 is 0 Å². The third-order valence-electron chi connectivity index (χ3n) is 5.45. The molecule has 0 unspecified atom stereocenters. The van der Waals surface area contributed by atoms with Crippen molar-refractivity contribution < 1.29 is 0 Å². The Morgan fingerprint density at radius 3 is 1.20 bits per heavy atom. The number of benzene rings is 2. The largest absolute Gasteiger partial charge is 0.0683 e. The molecule has 138 valence electrons. The first kappa shape index (κ1) is 21.5. The molecular weight excluding hydrogens is 300 g/mol. The minimum atomic E-state index is 0.207. The fourth-order valence-corrected chi connectivity index (χ4v) is 4.51. The van der Waals surface area contributed by atoms with E-state index in [0.717, 1.165) is 0 Å². The maximum atomic E-state index is 2.43. The van der Waals surface area contributed by atoms with Crippen LogP contribution in [0.25, 0.3) is 11.1 Å². The minimum absolute atomic E-state index is 0.207. The van der Waals surface area contributed by atoms with Crippen molar-refractivity contribution in [3.8, 4) is 11.1 Å². The third-order valence-corrected chi connectivity index (χ3v) is 5.45. The van der Waals surface area contributed by atoms with Crippen LogP contribution in [0, 0.1) is 27.7 Å². The lowest BCUT2D eigenvalue weighted by Gasteiger charge is -2.30. The van der Waals surface area contributed by atoms with Crippen molar-refractivity contribution in [1.82, 2.24) is 0 Å². The summed E-state index contributed by atoms with van der Waals surface area (Å²) >= 11 is 0. The van der Waals surface area contributed by atoms with Gasteiger partial charge in [-0.1, -0.05) is 76.9 Å². The average molecular weight is 339 g/mol. The molecule has 25 heavy (non-hydrogen) atoms. The Hall–Kier alpha value is -1.56. The first-order valence-corrected chi connectivity index (χ1v) is 10.2. The van der Waals surface area contributed by atoms with Crippen LogP contribution in [0.1, 0.15) is 87.8 Å². The Labute approximate surface area is 156 Å². The average Bonchev–Trinajstić information content (AvgIpc) is 2.88. The molecule has 0 aromatic heterocycles. The summed E-state index contributed by atoms with van der Waals surface area (Å²) in [6.45, 7) is 21.7. The molecule has 2 aromatic rings. The van der Waals surface area contributed by atoms with E-state index in [0.29, 0.717) is 0 Å². The summed E-state index contributed by atoms with van der Waals surface area (Å²) in [5.41, 5.74) is 12.0. The molecule has 0 heteroatoms. The summed E-state index contributed by atoms with van der Waals surface area (Å²) in [4.78, 5) is 0. The standard InChI is InChI=1S/C21H26.2C2H6/c1-7-21(8-2)17-11-13(3)9-15(5)19(17)20-16(6)10-14(4)12-18(20)21;2*1-2/h9-12H,7-8H2,1-6H3;2*1-2H3. The topological polar surface area (TPSA) is 0 Å². The Morgan fingerprint density at radius 2 is 0.920 bits per heavy atom. The number of hydrogen-bond acceptors (Lipinski definition) is 0. The Kier molecular flexibility index (Phi) is 7.47. The van der Waals surface area contributed by atoms with E-state index in [4.69, 9.17) is 0 Å². The lowest BCUT2D eigenvalue weighted by atomic mass is 9.73. The van der Waals surface area contributed by atoms with Gasteiger partial charge in [-0.05, 0) is 73.9 Å². The first-order chi connectivity index (χ1) is 11.9. The number of fused-ring (bicyclic) bond motifs is 3. The monoisotopic (exact) mass is 338 g/mol. The second kappa shape index (κ2) is 8.70. The van der Waals surface area contributed by atoms with E-state index < -0.39 is 0 Å². The maximum absolute atomic E-state index is 2.43. The lowest BCUT2D eigenvalue weighted by Crippen LogP contribution is -2.23. The smallest absolute Gasteiger partial charge is 0.0210 e. The fraction of sp³-hybridized carbons (Fsp3) is 0.520. The molecule has 0 spiro atoms. The van der Waals surface area contributed by atoms with E-state index in [1.165, 1.54) is 46.2 Å². The number of aryl methyl sites for hydroxylation is 4. The van der Waals surface area contributed by atoms with Gasteiger partial charge in [-0.2, -0.15) is 0 Å². The van der Waals surface area contributed by atoms with Gasteiger partial charge in [0.2, 0.25) is 0 Å². The minimum Gasteiger partial charge on any atom is -0.0683 e. The second-order valence-electron chi connectivity index (χ2n) is 6.80. The SMILES string of the molecule is CC.CC.CCC1(CC)c2cc(C)cc(C)c2-c2c(C)cc(C)cc21. The number of rotatable bonds is 2. The summed E-state index contributed by atoms with van der Waals surface area (Å²) in [6.07, 6.45) is 2.35. The van der Waals surface area contributed by atoms with Crippen LogP contribution >= 0.6 is 0 Å². The van der Waals surface area contributed by atoms with Crippen LogP contribution in [0.3, 0.4) is 0 Å². The van der Waals surface area contributed by atoms with Crippen molar-refractivity contribution in [1.29, 1.82) is 0 Å². The first-order valence-electron chi connectivity index (χ1n) is 10.2. The van der Waals surface area contributed by atoms with Crippen LogP contribution in [0.2, 0.25) is 0 Å². The van der Waals surface area contributed by atoms with E-state index in [2.05, 4.69) is 65.8 Å². The zero-order valence-corrected chi connectivity index (χ0v) is 18.2. The van der Waals surface area contributed by atoms with Crippen LogP contribution in [0.15, 0.2) is 24.3 Å². The molecule has 0 heterocycles. The van der Waals surface area contributed by atoms with E-state index in [-0.39, 0.29) is 5.41 Å². The van der Waals surface area contributed by atoms with E-state index in [1.54, 1.807) is 11.1 Å². The van der Waals surface area contributed by atoms with Gasteiger partial charge in [0.05, 0.1) is 0 Å². The maximum Gasteiger partial charge on any atom is 0.0210 e. The van der Waals surface area contributed by atoms with E-state index >= 15 is 0 Å². The summed E-state index contributed by atoms with van der Waals surface area (Å²) in [7, 11) is 0. The van der Waals surface area contributed by atoms with Gasteiger partial charge in [0, 0.05) is 5.41 Å². The molecule has 3 rings (SSSR count). The molecule has 0 atom stereocenters. The highest BCUT2D eigenvalue weighted by Gasteiger charge is 2.41. The van der Waals surface area contributed by atoms with Gasteiger partial charge in [0.1, 0.15) is 0 Å². The summed E-state index contributed by atoms with van der Waals surface area (Å²) in [5, 5.41) is 0. The van der Waals surface area contributed by atoms with Gasteiger partial charge in [0.15, 0.2) is 0 Å². The van der Waals surface area contributed by atoms with Gasteiger partial charge in [-0.15, -0.1) is 0 Å². The van der Waals surface area contributed by atoms with Crippen molar-refractivity contribution in [2.75, 3.05) is 0 Å². The van der Waals surface area contributed by atoms with Crippen LogP contribution in [-0.4, -0.2) is 0 Å². The normalized spacial score (nSPS) is 13.0. The summed E-state index contributed by atoms with van der Waals surface area (Å²) in [6, 6.07) is 9.54. The van der Waals surface area contributed by atoms with Crippen molar-refractivity contribution in [2.24, 2.45) is 0 Å². The Bertz CT molecular complexity index is 656. The van der Waals surface area contributed by atoms with Gasteiger partial charge in [-0.3, -0.25) is 0 Å². The van der Waals surface area contributed by atoms with Crippen LogP contribution in [0.5, 0.6) is 0 Å². The molecule has 0 fully saturated rings. The molecule has 0 nitrogen and oxygen atoms in total. The van der Waals surface area contributed by atoms with Crippen molar-refractivity contribution in [3.05, 3.63) is 57.6 Å². The summed E-state index contributed by atoms with van der Waals surface area (Å²) in [5.74, 6) is 0. The van der Waals surface area contributed by atoms with Crippen LogP contribution in [-0.2, 0) is 5.41 Å². The van der Waals surface area contributed by atoms with Crippen molar-refractivity contribution >= 4 is 0 Å². The highest BCUT2D eigenvalue weighted by molar-refractivity contribution is 5.86. The zero-order chi connectivity index (χ0) is 19.4. The molecule has 0 amide bonds. The molecule has 0 aliphatic heterocycles. The van der Waals surface area contributed by atoms with Gasteiger partial charge in [0.25, 0.3) is 0 Å². The summed E-state index contributed by atoms with van der Waals surface area (Å²) < 4.78 is 0. The van der Waals surface area contributed by atoms with E-state index in [9.17, 15) is 0 Å². The molecule has 2 aromatic carbocycles. The molecule has 0 radical (unpaired) electrons. The second-order valence-corrected chi connectivity index (χ2v) is 6.80. The molecule has 0 saturated carbocycles. The van der Waals surface area contributed by atoms with Gasteiger partial charge < -0.3 is 0 Å². The zero-order valence-electron chi connectivity index (χ0n) is 18.2. The molecule has 0 N–H and O–H groups in total. The van der Waals surface area contributed by atoms with Gasteiger partial charge in [-0.25, -0.2) is 0 Å². The lowest BCUT2D eigenvalue weighted by molar-refractivity contribution is 0.489. The fourth-order valence-electron chi connectivity index (χ4n) is 4.51. The molecule has 1 aliphatic rings.